The van der Waals surface area contributed by atoms with Gasteiger partial charge in [-0.1, -0.05) is 25.8 Å². The second-order valence-electron chi connectivity index (χ2n) is 9.27. The zero-order valence-electron chi connectivity index (χ0n) is 18.2. The molecule has 1 aliphatic carbocycles. The predicted molar refractivity (Wildman–Crippen MR) is 127 cm³/mol. The lowest BCUT2D eigenvalue weighted by Gasteiger charge is -2.41. The molecule has 3 unspecified atom stereocenters. The third-order valence-corrected chi connectivity index (χ3v) is 7.50. The summed E-state index contributed by atoms with van der Waals surface area (Å²) in [5, 5.41) is 8.10. The van der Waals surface area contributed by atoms with Crippen LogP contribution in [-0.4, -0.2) is 43.6 Å². The molecule has 0 spiro atoms. The van der Waals surface area contributed by atoms with E-state index in [0.29, 0.717) is 12.5 Å². The number of nitrogens with one attached hydrogen (secondary N) is 1. The Kier molecular flexibility index (Phi) is 6.23. The number of fused-ring (bicyclic) bond motifs is 1. The largest absolute Gasteiger partial charge is 0.366 e. The molecule has 0 radical (unpaired) electrons. The van der Waals surface area contributed by atoms with E-state index in [0.717, 1.165) is 40.0 Å². The number of aromatic nitrogens is 4. The third-order valence-electron chi connectivity index (χ3n) is 6.94. The van der Waals surface area contributed by atoms with Gasteiger partial charge in [0.2, 0.25) is 0 Å². The molecule has 31 heavy (non-hydrogen) atoms. The summed E-state index contributed by atoms with van der Waals surface area (Å²) >= 11 is 3.64. The van der Waals surface area contributed by atoms with Gasteiger partial charge in [-0.05, 0) is 65.7 Å². The van der Waals surface area contributed by atoms with Gasteiger partial charge in [-0.15, -0.1) is 0 Å². The van der Waals surface area contributed by atoms with Crippen LogP contribution >= 0.6 is 15.9 Å². The molecular formula is C24H31BrN6. The van der Waals surface area contributed by atoms with Crippen molar-refractivity contribution in [3.8, 4) is 0 Å². The van der Waals surface area contributed by atoms with Crippen LogP contribution in [0.5, 0.6) is 0 Å². The van der Waals surface area contributed by atoms with E-state index in [1.165, 1.54) is 50.8 Å². The molecule has 4 heterocycles. The van der Waals surface area contributed by atoms with Gasteiger partial charge in [-0.25, -0.2) is 4.98 Å². The second kappa shape index (κ2) is 9.25. The van der Waals surface area contributed by atoms with Gasteiger partial charge in [0, 0.05) is 43.5 Å². The summed E-state index contributed by atoms with van der Waals surface area (Å²) in [6.45, 7) is 5.48. The number of halogens is 1. The van der Waals surface area contributed by atoms with Gasteiger partial charge in [0.1, 0.15) is 5.82 Å². The van der Waals surface area contributed by atoms with Gasteiger partial charge in [0.25, 0.3) is 0 Å². The van der Waals surface area contributed by atoms with Gasteiger partial charge < -0.3 is 5.32 Å². The van der Waals surface area contributed by atoms with Gasteiger partial charge in [-0.3, -0.25) is 9.88 Å². The Bertz CT molecular complexity index is 1020. The summed E-state index contributed by atoms with van der Waals surface area (Å²) in [6.07, 6.45) is 13.5. The smallest absolute Gasteiger partial charge is 0.171 e. The first-order valence-corrected chi connectivity index (χ1v) is 12.4. The van der Waals surface area contributed by atoms with E-state index in [9.17, 15) is 0 Å². The number of hydrogen-bond donors (Lipinski definition) is 1. The highest BCUT2D eigenvalue weighted by atomic mass is 79.9. The van der Waals surface area contributed by atoms with Crippen molar-refractivity contribution >= 4 is 27.4 Å². The van der Waals surface area contributed by atoms with Gasteiger partial charge in [0.05, 0.1) is 16.4 Å². The fourth-order valence-corrected chi connectivity index (χ4v) is 5.65. The quantitative estimate of drug-likeness (QED) is 0.537. The van der Waals surface area contributed by atoms with Crippen molar-refractivity contribution in [2.75, 3.05) is 18.4 Å². The first-order chi connectivity index (χ1) is 15.2. The van der Waals surface area contributed by atoms with E-state index in [-0.39, 0.29) is 0 Å². The Morgan fingerprint density at radius 2 is 2.13 bits per heavy atom. The lowest BCUT2D eigenvalue weighted by atomic mass is 9.84. The third kappa shape index (κ3) is 4.62. The molecular weight excluding hydrogens is 452 g/mol. The molecule has 2 aliphatic rings. The van der Waals surface area contributed by atoms with E-state index in [4.69, 9.17) is 4.98 Å². The Morgan fingerprint density at radius 1 is 1.19 bits per heavy atom. The van der Waals surface area contributed by atoms with Crippen LogP contribution in [0.25, 0.3) is 5.65 Å². The number of rotatable bonds is 5. The Balaban J connectivity index is 1.39. The monoisotopic (exact) mass is 482 g/mol. The van der Waals surface area contributed by atoms with Crippen molar-refractivity contribution in [3.05, 3.63) is 52.5 Å². The lowest BCUT2D eigenvalue weighted by molar-refractivity contribution is 0.102. The van der Waals surface area contributed by atoms with E-state index >= 15 is 0 Å². The second-order valence-corrected chi connectivity index (χ2v) is 10.1. The molecule has 3 atom stereocenters. The number of nitrogens with zero attached hydrogens (tertiary/aromatic N) is 5. The Labute approximate surface area is 192 Å². The summed E-state index contributed by atoms with van der Waals surface area (Å²) in [5.41, 5.74) is 3.21. The number of hydrogen-bond acceptors (Lipinski definition) is 5. The van der Waals surface area contributed by atoms with Crippen molar-refractivity contribution in [1.82, 2.24) is 24.5 Å². The van der Waals surface area contributed by atoms with Crippen molar-refractivity contribution in [3.63, 3.8) is 0 Å². The summed E-state index contributed by atoms with van der Waals surface area (Å²) in [6, 6.07) is 7.01. The van der Waals surface area contributed by atoms with Gasteiger partial charge >= 0.3 is 0 Å². The summed E-state index contributed by atoms with van der Waals surface area (Å²) in [5.74, 6) is 2.31. The summed E-state index contributed by atoms with van der Waals surface area (Å²) in [7, 11) is 0. The van der Waals surface area contributed by atoms with Crippen LogP contribution in [0.3, 0.4) is 0 Å². The molecule has 164 valence electrons. The Hall–Kier alpha value is -1.99. The maximum atomic E-state index is 5.04. The molecule has 0 bridgehead atoms. The molecule has 6 nitrogen and oxygen atoms in total. The fourth-order valence-electron chi connectivity index (χ4n) is 5.30. The predicted octanol–water partition coefficient (Wildman–Crippen LogP) is 5.26. The maximum absolute atomic E-state index is 5.04. The van der Waals surface area contributed by atoms with Crippen LogP contribution in [0.15, 0.2) is 41.3 Å². The highest BCUT2D eigenvalue weighted by Gasteiger charge is 2.30. The molecule has 3 aromatic rings. The van der Waals surface area contributed by atoms with E-state index < -0.39 is 0 Å². The fraction of sp³-hybridized carbons (Fsp3) is 0.542. The van der Waals surface area contributed by atoms with Crippen molar-refractivity contribution < 1.29 is 0 Å². The molecule has 7 heteroatoms. The molecule has 1 aliphatic heterocycles. The molecule has 2 fully saturated rings. The van der Waals surface area contributed by atoms with Crippen molar-refractivity contribution in [2.24, 2.45) is 5.92 Å². The molecule has 1 saturated carbocycles. The maximum Gasteiger partial charge on any atom is 0.171 e. The molecule has 1 saturated heterocycles. The highest BCUT2D eigenvalue weighted by molar-refractivity contribution is 9.10. The first-order valence-electron chi connectivity index (χ1n) is 11.6. The van der Waals surface area contributed by atoms with Crippen LogP contribution in [0.4, 0.5) is 5.82 Å². The summed E-state index contributed by atoms with van der Waals surface area (Å²) < 4.78 is 2.83. The number of anilines is 1. The van der Waals surface area contributed by atoms with Gasteiger partial charge in [-0.2, -0.15) is 9.61 Å². The minimum atomic E-state index is 0.469. The van der Waals surface area contributed by atoms with Crippen LogP contribution in [0.1, 0.15) is 62.6 Å². The molecule has 3 aromatic heterocycles. The van der Waals surface area contributed by atoms with Crippen LogP contribution in [0, 0.1) is 5.92 Å². The van der Waals surface area contributed by atoms with Crippen molar-refractivity contribution in [1.29, 1.82) is 0 Å². The minimum absolute atomic E-state index is 0.469. The Morgan fingerprint density at radius 3 is 2.97 bits per heavy atom. The molecule has 0 aromatic carbocycles. The average molecular weight is 483 g/mol. The zero-order valence-corrected chi connectivity index (χ0v) is 19.8. The first kappa shape index (κ1) is 20.9. The zero-order chi connectivity index (χ0) is 21.2. The minimum Gasteiger partial charge on any atom is -0.366 e. The number of piperidine rings is 1. The van der Waals surface area contributed by atoms with Crippen LogP contribution in [0.2, 0.25) is 0 Å². The van der Waals surface area contributed by atoms with Gasteiger partial charge in [0.15, 0.2) is 5.65 Å². The van der Waals surface area contributed by atoms with E-state index in [2.05, 4.69) is 55.3 Å². The molecule has 0 amide bonds. The van der Waals surface area contributed by atoms with Crippen LogP contribution < -0.4 is 5.32 Å². The lowest BCUT2D eigenvalue weighted by Crippen LogP contribution is -2.44. The number of pyridine rings is 1. The SMILES string of the molecule is CC1CCCC(N2CCCC(c3cc(NCc4cccnc4)n4ncc(Br)c4n3)C2)C1. The summed E-state index contributed by atoms with van der Waals surface area (Å²) in [4.78, 5) is 12.0. The number of likely N-dealkylation sites (tertiary alicyclic amines) is 1. The van der Waals surface area contributed by atoms with Crippen molar-refractivity contribution in [2.45, 2.75) is 64.0 Å². The van der Waals surface area contributed by atoms with Crippen LogP contribution in [-0.2, 0) is 6.54 Å². The average Bonchev–Trinajstić information content (AvgIpc) is 3.19. The molecule has 1 N–H and O–H groups in total. The normalized spacial score (nSPS) is 25.0. The standard InChI is InChI=1S/C24H31BrN6/c1-17-5-2-8-20(11-17)30-10-4-7-19(16-30)22-12-23(27-14-18-6-3-9-26-13-18)31-24(29-22)21(25)15-28-31/h3,6,9,12-13,15,17,19-20,27H,2,4-5,7-8,10-11,14,16H2,1H3. The van der Waals surface area contributed by atoms with E-state index in [1.54, 1.807) is 6.20 Å². The molecule has 5 rings (SSSR count). The topological polar surface area (TPSA) is 58.4 Å². The van der Waals surface area contributed by atoms with E-state index in [1.807, 2.05) is 23.0 Å². The highest BCUT2D eigenvalue weighted by Crippen LogP contribution is 2.34.